The quantitative estimate of drug-likeness (QED) is 0.608. The molecule has 2 unspecified atom stereocenters. The molecule has 0 amide bonds. The van der Waals surface area contributed by atoms with Crippen molar-refractivity contribution >= 4 is 11.6 Å². The molecule has 0 bridgehead atoms. The highest BCUT2D eigenvalue weighted by molar-refractivity contribution is 6.30. The Labute approximate surface area is 165 Å². The number of nitrogens with one attached hydrogen (secondary N) is 1. The van der Waals surface area contributed by atoms with E-state index in [1.807, 2.05) is 24.3 Å². The van der Waals surface area contributed by atoms with E-state index < -0.39 is 0 Å². The third kappa shape index (κ3) is 3.85. The predicted octanol–water partition coefficient (Wildman–Crippen LogP) is 5.34. The highest BCUT2D eigenvalue weighted by Gasteiger charge is 2.25. The Morgan fingerprint density at radius 3 is 2.67 bits per heavy atom. The van der Waals surface area contributed by atoms with E-state index in [4.69, 9.17) is 16.7 Å². The lowest BCUT2D eigenvalue weighted by atomic mass is 9.96. The van der Waals surface area contributed by atoms with Crippen molar-refractivity contribution in [3.63, 3.8) is 0 Å². The van der Waals surface area contributed by atoms with E-state index in [2.05, 4.69) is 66.3 Å². The van der Waals surface area contributed by atoms with Gasteiger partial charge in [0.25, 0.3) is 0 Å². The molecule has 4 rings (SSSR count). The number of benzene rings is 2. The highest BCUT2D eigenvalue weighted by Crippen LogP contribution is 2.34. The predicted molar refractivity (Wildman–Crippen MR) is 112 cm³/mol. The van der Waals surface area contributed by atoms with Gasteiger partial charge in [-0.15, -0.1) is 0 Å². The summed E-state index contributed by atoms with van der Waals surface area (Å²) in [6, 6.07) is 18.7. The van der Waals surface area contributed by atoms with E-state index in [-0.39, 0.29) is 0 Å². The number of aromatic nitrogens is 2. The molecule has 1 N–H and O–H groups in total. The number of rotatable bonds is 5. The minimum absolute atomic E-state index is 0.368. The van der Waals surface area contributed by atoms with E-state index in [1.54, 1.807) is 0 Å². The molecule has 1 aliphatic rings. The van der Waals surface area contributed by atoms with Gasteiger partial charge in [0, 0.05) is 34.8 Å². The molecule has 27 heavy (non-hydrogen) atoms. The first-order valence-electron chi connectivity index (χ1n) is 9.39. The Morgan fingerprint density at radius 1 is 1.07 bits per heavy atom. The van der Waals surface area contributed by atoms with Gasteiger partial charge in [-0.1, -0.05) is 54.1 Å². The van der Waals surface area contributed by atoms with Crippen molar-refractivity contribution in [1.29, 1.82) is 0 Å². The van der Waals surface area contributed by atoms with Gasteiger partial charge in [0.1, 0.15) is 0 Å². The van der Waals surface area contributed by atoms with E-state index in [0.29, 0.717) is 12.0 Å². The van der Waals surface area contributed by atoms with Crippen molar-refractivity contribution in [2.24, 2.45) is 0 Å². The summed E-state index contributed by atoms with van der Waals surface area (Å²) in [6.07, 6.45) is 5.67. The van der Waals surface area contributed by atoms with Crippen LogP contribution < -0.4 is 5.32 Å². The lowest BCUT2D eigenvalue weighted by Crippen LogP contribution is -2.25. The van der Waals surface area contributed by atoms with Crippen LogP contribution in [0, 0.1) is 13.8 Å². The van der Waals surface area contributed by atoms with Crippen molar-refractivity contribution in [3.05, 3.63) is 94.3 Å². The second-order valence-electron chi connectivity index (χ2n) is 7.18. The van der Waals surface area contributed by atoms with Gasteiger partial charge < -0.3 is 5.32 Å². The van der Waals surface area contributed by atoms with Crippen LogP contribution in [0.25, 0.3) is 5.69 Å². The summed E-state index contributed by atoms with van der Waals surface area (Å²) in [7, 11) is 0. The number of aryl methyl sites for hydroxylation is 1. The van der Waals surface area contributed by atoms with Gasteiger partial charge in [-0.2, -0.15) is 5.10 Å². The van der Waals surface area contributed by atoms with Crippen LogP contribution in [0.15, 0.2) is 66.7 Å². The number of halogens is 1. The lowest BCUT2D eigenvalue weighted by molar-refractivity contribution is 0.559. The zero-order chi connectivity index (χ0) is 18.8. The fourth-order valence-electron chi connectivity index (χ4n) is 3.97. The summed E-state index contributed by atoms with van der Waals surface area (Å²) >= 11 is 6.08. The number of allylic oxidation sites excluding steroid dienone is 1. The topological polar surface area (TPSA) is 29.9 Å². The molecule has 1 aliphatic carbocycles. The van der Waals surface area contributed by atoms with Crippen molar-refractivity contribution in [3.8, 4) is 5.69 Å². The molecule has 0 fully saturated rings. The Kier molecular flexibility index (Phi) is 5.15. The van der Waals surface area contributed by atoms with Crippen molar-refractivity contribution < 1.29 is 0 Å². The zero-order valence-corrected chi connectivity index (χ0v) is 16.4. The van der Waals surface area contributed by atoms with Gasteiger partial charge >= 0.3 is 0 Å². The average Bonchev–Trinajstić information content (AvgIpc) is 3.25. The summed E-state index contributed by atoms with van der Waals surface area (Å²) in [6.45, 7) is 5.11. The molecule has 2 atom stereocenters. The first-order valence-corrected chi connectivity index (χ1v) is 9.77. The van der Waals surface area contributed by atoms with Crippen LogP contribution in [0.1, 0.15) is 34.9 Å². The SMILES string of the molecule is Cc1nn(-c2ccccc2)c(C)c1C1C=CC(NCc2cccc(Cl)c2)C1. The molecule has 0 saturated heterocycles. The molecule has 138 valence electrons. The standard InChI is InChI=1S/C23H24ClN3/c1-16-23(17(2)27(26-16)22-9-4-3-5-10-22)19-11-12-21(14-19)25-15-18-7-6-8-20(24)13-18/h3-13,19,21,25H,14-15H2,1-2H3. The van der Waals surface area contributed by atoms with Gasteiger partial charge in [-0.3, -0.25) is 0 Å². The third-order valence-electron chi connectivity index (χ3n) is 5.26. The number of nitrogens with zero attached hydrogens (tertiary/aromatic N) is 2. The van der Waals surface area contributed by atoms with Crippen LogP contribution in [0.3, 0.4) is 0 Å². The number of hydrogen-bond donors (Lipinski definition) is 1. The second kappa shape index (κ2) is 7.71. The lowest BCUT2D eigenvalue weighted by Gasteiger charge is -2.15. The van der Waals surface area contributed by atoms with Gasteiger partial charge in [-0.05, 0) is 50.1 Å². The summed E-state index contributed by atoms with van der Waals surface area (Å²) in [5.41, 5.74) is 6.01. The molecule has 1 heterocycles. The van der Waals surface area contributed by atoms with Gasteiger partial charge in [0.15, 0.2) is 0 Å². The van der Waals surface area contributed by atoms with Crippen LogP contribution in [0.5, 0.6) is 0 Å². The van der Waals surface area contributed by atoms with E-state index in [9.17, 15) is 0 Å². The first kappa shape index (κ1) is 18.0. The summed E-state index contributed by atoms with van der Waals surface area (Å²) in [5.74, 6) is 0.402. The minimum atomic E-state index is 0.368. The van der Waals surface area contributed by atoms with Crippen molar-refractivity contribution in [1.82, 2.24) is 15.1 Å². The maximum atomic E-state index is 6.08. The molecular formula is C23H24ClN3. The smallest absolute Gasteiger partial charge is 0.0648 e. The Bertz CT molecular complexity index is 959. The largest absolute Gasteiger partial charge is 0.306 e. The van der Waals surface area contributed by atoms with E-state index >= 15 is 0 Å². The zero-order valence-electron chi connectivity index (χ0n) is 15.7. The molecule has 3 aromatic rings. The molecule has 0 radical (unpaired) electrons. The molecular weight excluding hydrogens is 354 g/mol. The minimum Gasteiger partial charge on any atom is -0.306 e. The van der Waals surface area contributed by atoms with Crippen molar-refractivity contribution in [2.45, 2.75) is 38.8 Å². The van der Waals surface area contributed by atoms with E-state index in [1.165, 1.54) is 16.8 Å². The normalized spacial score (nSPS) is 18.9. The fourth-order valence-corrected chi connectivity index (χ4v) is 4.19. The Hall–Kier alpha value is -2.36. The molecule has 2 aromatic carbocycles. The molecule has 0 spiro atoms. The first-order chi connectivity index (χ1) is 13.1. The van der Waals surface area contributed by atoms with Gasteiger partial charge in [-0.25, -0.2) is 4.68 Å². The molecule has 3 nitrogen and oxygen atoms in total. The van der Waals surface area contributed by atoms with Crippen LogP contribution in [-0.2, 0) is 6.54 Å². The maximum Gasteiger partial charge on any atom is 0.0648 e. The monoisotopic (exact) mass is 377 g/mol. The molecule has 4 heteroatoms. The Balaban J connectivity index is 1.46. The summed E-state index contributed by atoms with van der Waals surface area (Å²) < 4.78 is 2.06. The van der Waals surface area contributed by atoms with Gasteiger partial charge in [0.2, 0.25) is 0 Å². The van der Waals surface area contributed by atoms with Gasteiger partial charge in [0.05, 0.1) is 11.4 Å². The number of para-hydroxylation sites is 1. The fraction of sp³-hybridized carbons (Fsp3) is 0.261. The van der Waals surface area contributed by atoms with Crippen molar-refractivity contribution in [2.75, 3.05) is 0 Å². The summed E-state index contributed by atoms with van der Waals surface area (Å²) in [4.78, 5) is 0. The van der Waals surface area contributed by atoms with Crippen LogP contribution in [-0.4, -0.2) is 15.8 Å². The third-order valence-corrected chi connectivity index (χ3v) is 5.49. The maximum absolute atomic E-state index is 6.08. The highest BCUT2D eigenvalue weighted by atomic mass is 35.5. The van der Waals surface area contributed by atoms with Crippen LogP contribution >= 0.6 is 11.6 Å². The van der Waals surface area contributed by atoms with E-state index in [0.717, 1.165) is 29.4 Å². The molecule has 1 aromatic heterocycles. The second-order valence-corrected chi connectivity index (χ2v) is 7.61. The summed E-state index contributed by atoms with van der Waals surface area (Å²) in [5, 5.41) is 9.22. The van der Waals surface area contributed by atoms with Crippen LogP contribution in [0.4, 0.5) is 0 Å². The Morgan fingerprint density at radius 2 is 1.89 bits per heavy atom. The molecule has 0 aliphatic heterocycles. The molecule has 0 saturated carbocycles. The number of hydrogen-bond acceptors (Lipinski definition) is 2. The average molecular weight is 378 g/mol. The van der Waals surface area contributed by atoms with Crippen LogP contribution in [0.2, 0.25) is 5.02 Å².